The molecule has 128 valence electrons. The molecule has 2 aromatic rings. The molecule has 0 radical (unpaired) electrons. The number of anilines is 1. The fraction of sp³-hybridized carbons (Fsp3) is 0.133. The number of ether oxygens (including phenoxy) is 2. The van der Waals surface area contributed by atoms with Crippen molar-refractivity contribution >= 4 is 21.7 Å². The van der Waals surface area contributed by atoms with E-state index in [-0.39, 0.29) is 17.3 Å². The predicted octanol–water partition coefficient (Wildman–Crippen LogP) is 2.32. The number of sulfonamides is 1. The minimum atomic E-state index is -4.19. The molecule has 2 rings (SSSR count). The highest BCUT2D eigenvalue weighted by molar-refractivity contribution is 7.92. The maximum absolute atomic E-state index is 13.5. The number of methoxy groups -OCH3 is 1. The summed E-state index contributed by atoms with van der Waals surface area (Å²) in [5, 5.41) is 0. The lowest BCUT2D eigenvalue weighted by molar-refractivity contribution is -0.142. The first kappa shape index (κ1) is 17.7. The lowest BCUT2D eigenvalue weighted by atomic mass is 10.3. The second-order valence-corrected chi connectivity index (χ2v) is 6.22. The normalized spacial score (nSPS) is 11.0. The fourth-order valence-corrected chi connectivity index (χ4v) is 2.78. The van der Waals surface area contributed by atoms with Gasteiger partial charge in [0, 0.05) is 0 Å². The van der Waals surface area contributed by atoms with E-state index in [9.17, 15) is 22.0 Å². The third-order valence-electron chi connectivity index (χ3n) is 2.92. The molecule has 24 heavy (non-hydrogen) atoms. The van der Waals surface area contributed by atoms with E-state index in [1.165, 1.54) is 31.4 Å². The van der Waals surface area contributed by atoms with Crippen LogP contribution in [0.1, 0.15) is 0 Å². The molecule has 0 aliphatic carbocycles. The van der Waals surface area contributed by atoms with Gasteiger partial charge in [0.1, 0.15) is 23.1 Å². The first-order chi connectivity index (χ1) is 11.3. The Balaban J connectivity index is 2.16. The highest BCUT2D eigenvalue weighted by Crippen LogP contribution is 2.23. The molecular formula is C15H13F2NO5S. The van der Waals surface area contributed by atoms with Crippen LogP contribution in [-0.2, 0) is 19.6 Å². The van der Waals surface area contributed by atoms with Gasteiger partial charge >= 0.3 is 5.97 Å². The van der Waals surface area contributed by atoms with Gasteiger partial charge in [-0.05, 0) is 36.4 Å². The number of rotatable bonds is 6. The summed E-state index contributed by atoms with van der Waals surface area (Å²) < 4.78 is 62.7. The minimum Gasteiger partial charge on any atom is -0.482 e. The van der Waals surface area contributed by atoms with Gasteiger partial charge in [0.15, 0.2) is 6.61 Å². The summed E-state index contributed by atoms with van der Waals surface area (Å²) >= 11 is 0. The summed E-state index contributed by atoms with van der Waals surface area (Å²) in [5.41, 5.74) is -0.761. The molecule has 0 saturated heterocycles. The Morgan fingerprint density at radius 3 is 2.21 bits per heavy atom. The number of hydrogen-bond donors (Lipinski definition) is 1. The first-order valence-electron chi connectivity index (χ1n) is 6.60. The van der Waals surface area contributed by atoms with Gasteiger partial charge in [0.05, 0.1) is 12.0 Å². The van der Waals surface area contributed by atoms with Crippen LogP contribution >= 0.6 is 0 Å². The van der Waals surface area contributed by atoms with Crippen molar-refractivity contribution < 1.29 is 31.5 Å². The summed E-state index contributed by atoms with van der Waals surface area (Å²) in [4.78, 5) is 10.7. The average molecular weight is 357 g/mol. The zero-order chi connectivity index (χ0) is 17.7. The minimum absolute atomic E-state index is 0.226. The number of carbonyl (C=O) groups is 1. The average Bonchev–Trinajstić information content (AvgIpc) is 2.56. The molecule has 0 amide bonds. The maximum atomic E-state index is 13.5. The van der Waals surface area contributed by atoms with E-state index in [0.29, 0.717) is 0 Å². The molecule has 0 fully saturated rings. The van der Waals surface area contributed by atoms with Crippen LogP contribution < -0.4 is 9.46 Å². The van der Waals surface area contributed by atoms with Gasteiger partial charge < -0.3 is 9.47 Å². The van der Waals surface area contributed by atoms with Gasteiger partial charge in [-0.25, -0.2) is 22.0 Å². The van der Waals surface area contributed by atoms with Crippen LogP contribution in [0.5, 0.6) is 5.75 Å². The second-order valence-electron chi connectivity index (χ2n) is 4.54. The highest BCUT2D eigenvalue weighted by atomic mass is 32.2. The molecule has 1 N–H and O–H groups in total. The lowest BCUT2D eigenvalue weighted by Crippen LogP contribution is -2.15. The van der Waals surface area contributed by atoms with Crippen LogP contribution in [0.25, 0.3) is 0 Å². The van der Waals surface area contributed by atoms with Crippen molar-refractivity contribution in [2.75, 3.05) is 18.4 Å². The van der Waals surface area contributed by atoms with E-state index < -0.39 is 33.3 Å². The number of halogens is 2. The predicted molar refractivity (Wildman–Crippen MR) is 81.1 cm³/mol. The Hall–Kier alpha value is -2.68. The SMILES string of the molecule is COC(=O)COc1ccc(S(=O)(=O)Nc2c(F)cccc2F)cc1. The van der Waals surface area contributed by atoms with Gasteiger partial charge in [-0.2, -0.15) is 0 Å². The number of esters is 1. The molecule has 2 aromatic carbocycles. The maximum Gasteiger partial charge on any atom is 0.343 e. The van der Waals surface area contributed by atoms with Crippen LogP contribution in [0, 0.1) is 11.6 Å². The fourth-order valence-electron chi connectivity index (χ4n) is 1.70. The summed E-state index contributed by atoms with van der Waals surface area (Å²) in [6, 6.07) is 7.94. The van der Waals surface area contributed by atoms with Crippen LogP contribution in [0.2, 0.25) is 0 Å². The molecule has 0 aliphatic rings. The number of benzene rings is 2. The molecule has 6 nitrogen and oxygen atoms in total. The number of hydrogen-bond acceptors (Lipinski definition) is 5. The van der Waals surface area contributed by atoms with Gasteiger partial charge in [0.25, 0.3) is 10.0 Å². The molecule has 0 spiro atoms. The Morgan fingerprint density at radius 1 is 1.08 bits per heavy atom. The highest BCUT2D eigenvalue weighted by Gasteiger charge is 2.19. The molecule has 0 bridgehead atoms. The number of carbonyl (C=O) groups excluding carboxylic acids is 1. The van der Waals surface area contributed by atoms with Crippen molar-refractivity contribution in [2.45, 2.75) is 4.90 Å². The molecular weight excluding hydrogens is 344 g/mol. The van der Waals surface area contributed by atoms with Crippen LogP contribution in [-0.4, -0.2) is 28.1 Å². The number of nitrogens with one attached hydrogen (secondary N) is 1. The number of para-hydroxylation sites is 1. The lowest BCUT2D eigenvalue weighted by Gasteiger charge is -2.10. The van der Waals surface area contributed by atoms with E-state index in [1.807, 2.05) is 4.72 Å². The topological polar surface area (TPSA) is 81.7 Å². The van der Waals surface area contributed by atoms with Crippen molar-refractivity contribution in [2.24, 2.45) is 0 Å². The second kappa shape index (κ2) is 7.26. The van der Waals surface area contributed by atoms with Gasteiger partial charge in [0.2, 0.25) is 0 Å². The van der Waals surface area contributed by atoms with E-state index in [2.05, 4.69) is 4.74 Å². The van der Waals surface area contributed by atoms with Gasteiger partial charge in [-0.15, -0.1) is 0 Å². The molecule has 0 saturated carbocycles. The smallest absolute Gasteiger partial charge is 0.343 e. The van der Waals surface area contributed by atoms with Crippen molar-refractivity contribution in [3.63, 3.8) is 0 Å². The van der Waals surface area contributed by atoms with Crippen LogP contribution in [0.15, 0.2) is 47.4 Å². The molecule has 0 atom stereocenters. The van der Waals surface area contributed by atoms with E-state index in [1.54, 1.807) is 0 Å². The van der Waals surface area contributed by atoms with Crippen molar-refractivity contribution in [3.05, 3.63) is 54.1 Å². The summed E-state index contributed by atoms with van der Waals surface area (Å²) in [6.45, 7) is -0.332. The zero-order valence-corrected chi connectivity index (χ0v) is 13.3. The van der Waals surface area contributed by atoms with Crippen LogP contribution in [0.3, 0.4) is 0 Å². The van der Waals surface area contributed by atoms with Crippen LogP contribution in [0.4, 0.5) is 14.5 Å². The van der Waals surface area contributed by atoms with E-state index >= 15 is 0 Å². The van der Waals surface area contributed by atoms with Crippen molar-refractivity contribution in [3.8, 4) is 5.75 Å². The molecule has 0 aliphatic heterocycles. The molecule has 0 unspecified atom stereocenters. The third-order valence-corrected chi connectivity index (χ3v) is 4.28. The molecule has 0 heterocycles. The Kier molecular flexibility index (Phi) is 5.35. The van der Waals surface area contributed by atoms with Gasteiger partial charge in [-0.1, -0.05) is 6.07 Å². The van der Waals surface area contributed by atoms with Gasteiger partial charge in [-0.3, -0.25) is 4.72 Å². The standard InChI is InChI=1S/C15H13F2NO5S/c1-22-14(19)9-23-10-5-7-11(8-6-10)24(20,21)18-15-12(16)3-2-4-13(15)17/h2-8,18H,9H2,1H3. The first-order valence-corrected chi connectivity index (χ1v) is 8.08. The van der Waals surface area contributed by atoms with E-state index in [0.717, 1.165) is 18.2 Å². The largest absolute Gasteiger partial charge is 0.482 e. The van der Waals surface area contributed by atoms with Crippen molar-refractivity contribution in [1.82, 2.24) is 0 Å². The summed E-state index contributed by atoms with van der Waals surface area (Å²) in [5.74, 6) is -2.42. The van der Waals surface area contributed by atoms with E-state index in [4.69, 9.17) is 4.74 Å². The third kappa shape index (κ3) is 4.19. The zero-order valence-electron chi connectivity index (χ0n) is 12.5. The molecule has 9 heteroatoms. The summed E-state index contributed by atoms with van der Waals surface area (Å²) in [6.07, 6.45) is 0. The Bertz CT molecular complexity index is 817. The Labute approximate surface area is 137 Å². The summed E-state index contributed by atoms with van der Waals surface area (Å²) in [7, 11) is -2.98. The Morgan fingerprint density at radius 2 is 1.67 bits per heavy atom. The monoisotopic (exact) mass is 357 g/mol. The quantitative estimate of drug-likeness (QED) is 0.803. The molecule has 0 aromatic heterocycles. The van der Waals surface area contributed by atoms with Crippen molar-refractivity contribution in [1.29, 1.82) is 0 Å².